The molecule has 2 saturated carbocycles. The van der Waals surface area contributed by atoms with Crippen LogP contribution >= 0.6 is 15.9 Å². The number of nitrogens with one attached hydrogen (secondary N) is 4. The normalized spacial score (nSPS) is 44.5. The van der Waals surface area contributed by atoms with Gasteiger partial charge in [-0.25, -0.2) is 10.4 Å². The molecule has 8 atom stereocenters. The van der Waals surface area contributed by atoms with Crippen molar-refractivity contribution in [3.63, 3.8) is 0 Å². The van der Waals surface area contributed by atoms with Gasteiger partial charge < -0.3 is 16.0 Å². The van der Waals surface area contributed by atoms with Crippen LogP contribution in [0.3, 0.4) is 0 Å². The predicted molar refractivity (Wildman–Crippen MR) is 128 cm³/mol. The number of hydrogen-bond acceptors (Lipinski definition) is 5. The molecule has 5 fully saturated rings. The molecule has 3 aliphatic heterocycles. The highest BCUT2D eigenvalue weighted by Crippen LogP contribution is 2.46. The van der Waals surface area contributed by atoms with Crippen molar-refractivity contribution in [2.75, 3.05) is 26.2 Å². The summed E-state index contributed by atoms with van der Waals surface area (Å²) in [6.45, 7) is 6.03. The number of hydrazine groups is 1. The number of halogens is 1. The maximum atomic E-state index is 11.6. The third-order valence-corrected chi connectivity index (χ3v) is 9.95. The van der Waals surface area contributed by atoms with Crippen LogP contribution in [0, 0.1) is 29.6 Å². The number of amides is 1. The van der Waals surface area contributed by atoms with E-state index < -0.39 is 0 Å². The Morgan fingerprint density at radius 3 is 2.68 bits per heavy atom. The lowest BCUT2D eigenvalue weighted by molar-refractivity contribution is -0.119. The van der Waals surface area contributed by atoms with E-state index in [0.29, 0.717) is 34.9 Å². The van der Waals surface area contributed by atoms with Gasteiger partial charge in [0.2, 0.25) is 5.91 Å². The smallest absolute Gasteiger partial charge is 0.217 e. The second-order valence-corrected chi connectivity index (χ2v) is 12.1. The number of fused-ring (bicyclic) bond motifs is 3. The van der Waals surface area contributed by atoms with Crippen molar-refractivity contribution in [3.05, 3.63) is 0 Å². The monoisotopic (exact) mass is 495 g/mol. The van der Waals surface area contributed by atoms with Crippen molar-refractivity contribution in [3.8, 4) is 0 Å². The molecule has 0 aromatic carbocycles. The summed E-state index contributed by atoms with van der Waals surface area (Å²) in [6, 6.07) is 1.59. The highest BCUT2D eigenvalue weighted by molar-refractivity contribution is 9.09. The van der Waals surface area contributed by atoms with E-state index in [1.54, 1.807) is 6.92 Å². The molecule has 176 valence electrons. The lowest BCUT2D eigenvalue weighted by Gasteiger charge is -2.49. The van der Waals surface area contributed by atoms with E-state index in [2.05, 4.69) is 42.3 Å². The van der Waals surface area contributed by atoms with Gasteiger partial charge in [0.25, 0.3) is 0 Å². The summed E-state index contributed by atoms with van der Waals surface area (Å²) in [6.07, 6.45) is 12.2. The van der Waals surface area contributed by atoms with Gasteiger partial charge in [0, 0.05) is 50.6 Å². The van der Waals surface area contributed by atoms with E-state index in [9.17, 15) is 4.79 Å². The Morgan fingerprint density at radius 2 is 1.87 bits per heavy atom. The van der Waals surface area contributed by atoms with Gasteiger partial charge in [-0.3, -0.25) is 4.79 Å². The average Bonchev–Trinajstić information content (AvgIpc) is 3.09. The van der Waals surface area contributed by atoms with E-state index in [-0.39, 0.29) is 5.91 Å². The lowest BCUT2D eigenvalue weighted by atomic mass is 9.64. The van der Waals surface area contributed by atoms with E-state index in [1.165, 1.54) is 57.9 Å². The highest BCUT2D eigenvalue weighted by atomic mass is 79.9. The molecule has 7 heteroatoms. The van der Waals surface area contributed by atoms with Crippen molar-refractivity contribution in [1.82, 2.24) is 26.4 Å². The molecule has 2 aliphatic carbocycles. The van der Waals surface area contributed by atoms with Crippen molar-refractivity contribution >= 4 is 21.8 Å². The number of rotatable bonds is 4. The van der Waals surface area contributed by atoms with Crippen molar-refractivity contribution in [2.45, 2.75) is 87.8 Å². The minimum atomic E-state index is 0.104. The first-order chi connectivity index (χ1) is 15.1. The summed E-state index contributed by atoms with van der Waals surface area (Å²) in [5.74, 6) is 3.88. The van der Waals surface area contributed by atoms with Gasteiger partial charge in [0.05, 0.1) is 4.95 Å². The molecular weight excluding hydrogens is 454 g/mol. The van der Waals surface area contributed by atoms with E-state index >= 15 is 0 Å². The molecule has 1 amide bonds. The molecule has 5 aliphatic rings. The van der Waals surface area contributed by atoms with Gasteiger partial charge in [-0.05, 0) is 68.7 Å². The van der Waals surface area contributed by atoms with Crippen LogP contribution in [0.5, 0.6) is 0 Å². The summed E-state index contributed by atoms with van der Waals surface area (Å²) in [5.41, 5.74) is 3.85. The quantitative estimate of drug-likeness (QED) is 0.356. The fraction of sp³-hybridized carbons (Fsp3) is 0.958. The topological polar surface area (TPSA) is 68.4 Å². The van der Waals surface area contributed by atoms with Gasteiger partial charge in [0.15, 0.2) is 0 Å². The molecule has 0 aromatic heterocycles. The van der Waals surface area contributed by atoms with Crippen LogP contribution in [0.4, 0.5) is 0 Å². The largest absolute Gasteiger partial charge is 0.352 e. The van der Waals surface area contributed by atoms with Crippen LogP contribution in [0.25, 0.3) is 0 Å². The maximum Gasteiger partial charge on any atom is 0.217 e. The minimum Gasteiger partial charge on any atom is -0.352 e. The Labute approximate surface area is 196 Å². The van der Waals surface area contributed by atoms with Gasteiger partial charge in [-0.2, -0.15) is 0 Å². The molecule has 3 heterocycles. The highest BCUT2D eigenvalue weighted by Gasteiger charge is 2.52. The third-order valence-electron chi connectivity index (χ3n) is 9.13. The SMILES string of the molecule is CC(=O)NC1CNCC(C2CCC3NCC4C(C(Br)NN4CC4CCCCC4)C3C2)C1. The van der Waals surface area contributed by atoms with Crippen LogP contribution < -0.4 is 21.4 Å². The van der Waals surface area contributed by atoms with Crippen LogP contribution in [0.1, 0.15) is 64.7 Å². The summed E-state index contributed by atoms with van der Waals surface area (Å²) in [5, 5.41) is 13.3. The maximum absolute atomic E-state index is 11.6. The Hall–Kier alpha value is -0.210. The Morgan fingerprint density at radius 1 is 1.03 bits per heavy atom. The van der Waals surface area contributed by atoms with Crippen LogP contribution in [-0.4, -0.2) is 60.2 Å². The number of carbonyl (C=O) groups excluding carboxylic acids is 1. The fourth-order valence-corrected chi connectivity index (χ4v) is 8.69. The molecule has 8 unspecified atom stereocenters. The first kappa shape index (κ1) is 22.6. The molecule has 3 saturated heterocycles. The number of carbonyl (C=O) groups is 1. The van der Waals surface area contributed by atoms with Gasteiger partial charge >= 0.3 is 0 Å². The first-order valence-electron chi connectivity index (χ1n) is 13.0. The van der Waals surface area contributed by atoms with E-state index in [1.807, 2.05) is 0 Å². The van der Waals surface area contributed by atoms with E-state index in [0.717, 1.165) is 43.8 Å². The first-order valence-corrected chi connectivity index (χ1v) is 13.9. The number of nitrogens with zero attached hydrogens (tertiary/aromatic N) is 1. The standard InChI is InChI=1S/C24H42BrN5O/c1-15(31)28-19-9-18(11-26-12-19)17-7-8-21-20(10-17)23-22(13-27-21)30(29-24(23)25)14-16-5-3-2-4-6-16/h16-24,26-27,29H,2-14H2,1H3,(H,28,31). The van der Waals surface area contributed by atoms with Crippen LogP contribution in [0.2, 0.25) is 0 Å². The van der Waals surface area contributed by atoms with Gasteiger partial charge in [-0.15, -0.1) is 0 Å². The molecule has 0 aromatic rings. The minimum absolute atomic E-state index is 0.104. The summed E-state index contributed by atoms with van der Waals surface area (Å²) in [4.78, 5) is 12.0. The summed E-state index contributed by atoms with van der Waals surface area (Å²) in [7, 11) is 0. The summed E-state index contributed by atoms with van der Waals surface area (Å²) < 4.78 is 0. The predicted octanol–water partition coefficient (Wildman–Crippen LogP) is 2.60. The second kappa shape index (κ2) is 9.96. The Bertz CT molecular complexity index is 629. The third kappa shape index (κ3) is 5.01. The summed E-state index contributed by atoms with van der Waals surface area (Å²) >= 11 is 4.06. The molecule has 4 N–H and O–H groups in total. The second-order valence-electron chi connectivity index (χ2n) is 11.1. The van der Waals surface area contributed by atoms with Crippen molar-refractivity contribution in [1.29, 1.82) is 0 Å². The van der Waals surface area contributed by atoms with Crippen molar-refractivity contribution < 1.29 is 4.79 Å². The van der Waals surface area contributed by atoms with Crippen LogP contribution in [-0.2, 0) is 4.79 Å². The number of hydrogen-bond donors (Lipinski definition) is 4. The molecule has 31 heavy (non-hydrogen) atoms. The number of piperidine rings is 2. The fourth-order valence-electron chi connectivity index (χ4n) is 7.68. The Balaban J connectivity index is 1.23. The molecular formula is C24H42BrN5O. The van der Waals surface area contributed by atoms with E-state index in [4.69, 9.17) is 0 Å². The van der Waals surface area contributed by atoms with Crippen LogP contribution in [0.15, 0.2) is 0 Å². The average molecular weight is 497 g/mol. The van der Waals surface area contributed by atoms with Crippen molar-refractivity contribution in [2.24, 2.45) is 29.6 Å². The molecule has 0 bridgehead atoms. The lowest BCUT2D eigenvalue weighted by Crippen LogP contribution is -2.59. The molecule has 5 rings (SSSR count). The zero-order chi connectivity index (χ0) is 21.4. The number of alkyl halides is 1. The molecule has 6 nitrogen and oxygen atoms in total. The van der Waals surface area contributed by atoms with Gasteiger partial charge in [0.1, 0.15) is 0 Å². The molecule has 0 radical (unpaired) electrons. The van der Waals surface area contributed by atoms with Gasteiger partial charge in [-0.1, -0.05) is 35.2 Å². The molecule has 0 spiro atoms. The zero-order valence-electron chi connectivity index (χ0n) is 19.1. The Kier molecular flexibility index (Phi) is 7.25. The zero-order valence-corrected chi connectivity index (χ0v) is 20.7.